The standard InChI is InChI=1S/C16H20FN3O6S/c1-3-19(4-2)27(24,25)11-5-6-13(17)12(9-11)15(22)26-10-14(21)20-8-7-18-16(20)23/h5-6,9H,3-4,7-8,10H2,1-2H3,(H,18,23). The Morgan fingerprint density at radius 3 is 2.52 bits per heavy atom. The average Bonchev–Trinajstić information content (AvgIpc) is 3.06. The number of ether oxygens (including phenoxy) is 1. The Hall–Kier alpha value is -2.53. The van der Waals surface area contributed by atoms with Gasteiger partial charge >= 0.3 is 12.0 Å². The van der Waals surface area contributed by atoms with Gasteiger partial charge in [0.25, 0.3) is 5.91 Å². The van der Waals surface area contributed by atoms with Gasteiger partial charge in [-0.15, -0.1) is 0 Å². The number of nitrogens with one attached hydrogen (secondary N) is 1. The predicted molar refractivity (Wildman–Crippen MR) is 91.9 cm³/mol. The van der Waals surface area contributed by atoms with E-state index in [0.717, 1.165) is 27.4 Å². The van der Waals surface area contributed by atoms with Crippen molar-refractivity contribution in [2.24, 2.45) is 0 Å². The fourth-order valence-electron chi connectivity index (χ4n) is 2.53. The molecule has 148 valence electrons. The third-order valence-electron chi connectivity index (χ3n) is 3.99. The minimum Gasteiger partial charge on any atom is -0.452 e. The van der Waals surface area contributed by atoms with E-state index in [2.05, 4.69) is 5.32 Å². The van der Waals surface area contributed by atoms with Crippen LogP contribution in [-0.4, -0.2) is 68.3 Å². The number of amides is 3. The zero-order valence-corrected chi connectivity index (χ0v) is 15.7. The van der Waals surface area contributed by atoms with Gasteiger partial charge in [-0.1, -0.05) is 13.8 Å². The van der Waals surface area contributed by atoms with Crippen molar-refractivity contribution in [2.45, 2.75) is 18.7 Å². The zero-order chi connectivity index (χ0) is 20.2. The molecule has 1 heterocycles. The van der Waals surface area contributed by atoms with E-state index in [4.69, 9.17) is 4.74 Å². The molecule has 0 aliphatic carbocycles. The molecule has 27 heavy (non-hydrogen) atoms. The van der Waals surface area contributed by atoms with E-state index >= 15 is 0 Å². The van der Waals surface area contributed by atoms with Crippen molar-refractivity contribution in [3.05, 3.63) is 29.6 Å². The molecule has 1 aliphatic rings. The van der Waals surface area contributed by atoms with Crippen LogP contribution in [0.5, 0.6) is 0 Å². The van der Waals surface area contributed by atoms with Crippen LogP contribution < -0.4 is 5.32 Å². The van der Waals surface area contributed by atoms with Crippen LogP contribution in [0.1, 0.15) is 24.2 Å². The van der Waals surface area contributed by atoms with Gasteiger partial charge in [-0.3, -0.25) is 9.69 Å². The lowest BCUT2D eigenvalue weighted by molar-refractivity contribution is -0.130. The highest BCUT2D eigenvalue weighted by Crippen LogP contribution is 2.20. The summed E-state index contributed by atoms with van der Waals surface area (Å²) in [6, 6.07) is 2.18. The van der Waals surface area contributed by atoms with Gasteiger partial charge in [-0.05, 0) is 18.2 Å². The Labute approximate surface area is 156 Å². The van der Waals surface area contributed by atoms with Gasteiger partial charge in [0.15, 0.2) is 6.61 Å². The molecule has 0 spiro atoms. The quantitative estimate of drug-likeness (QED) is 0.668. The molecule has 0 unspecified atom stereocenters. The lowest BCUT2D eigenvalue weighted by atomic mass is 10.2. The van der Waals surface area contributed by atoms with E-state index in [-0.39, 0.29) is 24.5 Å². The Morgan fingerprint density at radius 1 is 1.30 bits per heavy atom. The first-order valence-electron chi connectivity index (χ1n) is 8.27. The summed E-state index contributed by atoms with van der Waals surface area (Å²) in [4.78, 5) is 36.0. The van der Waals surface area contributed by atoms with Crippen LogP contribution >= 0.6 is 0 Å². The molecule has 1 fully saturated rings. The number of carbonyl (C=O) groups is 3. The summed E-state index contributed by atoms with van der Waals surface area (Å²) in [5.74, 6) is -2.94. The van der Waals surface area contributed by atoms with Crippen LogP contribution in [-0.2, 0) is 19.6 Å². The van der Waals surface area contributed by atoms with Gasteiger partial charge in [0.1, 0.15) is 5.82 Å². The molecule has 2 rings (SSSR count). The number of nitrogens with zero attached hydrogens (tertiary/aromatic N) is 2. The smallest absolute Gasteiger partial charge is 0.341 e. The molecule has 3 amide bonds. The van der Waals surface area contributed by atoms with E-state index in [1.54, 1.807) is 13.8 Å². The second-order valence-corrected chi connectivity index (χ2v) is 7.52. The minimum atomic E-state index is -3.89. The highest BCUT2D eigenvalue weighted by Gasteiger charge is 2.28. The number of esters is 1. The Kier molecular flexibility index (Phi) is 6.50. The van der Waals surface area contributed by atoms with E-state index in [0.29, 0.717) is 6.54 Å². The molecule has 11 heteroatoms. The number of urea groups is 1. The third kappa shape index (κ3) is 4.42. The lowest BCUT2D eigenvalue weighted by Crippen LogP contribution is -2.37. The molecule has 1 aromatic carbocycles. The lowest BCUT2D eigenvalue weighted by Gasteiger charge is -2.19. The molecule has 0 bridgehead atoms. The maximum Gasteiger partial charge on any atom is 0.341 e. The van der Waals surface area contributed by atoms with Crippen molar-refractivity contribution in [3.8, 4) is 0 Å². The highest BCUT2D eigenvalue weighted by molar-refractivity contribution is 7.89. The summed E-state index contributed by atoms with van der Waals surface area (Å²) >= 11 is 0. The monoisotopic (exact) mass is 401 g/mol. The van der Waals surface area contributed by atoms with Crippen molar-refractivity contribution in [3.63, 3.8) is 0 Å². The van der Waals surface area contributed by atoms with E-state index in [9.17, 15) is 27.2 Å². The van der Waals surface area contributed by atoms with Gasteiger partial charge in [0.2, 0.25) is 10.0 Å². The number of hydrogen-bond acceptors (Lipinski definition) is 6. The molecule has 0 atom stereocenters. The van der Waals surface area contributed by atoms with Crippen molar-refractivity contribution < 1.29 is 31.9 Å². The second-order valence-electron chi connectivity index (χ2n) is 5.58. The van der Waals surface area contributed by atoms with E-state index < -0.39 is 45.9 Å². The maximum absolute atomic E-state index is 14.0. The van der Waals surface area contributed by atoms with Crippen LogP contribution in [0.15, 0.2) is 23.1 Å². The molecule has 0 saturated carbocycles. The molecular weight excluding hydrogens is 381 g/mol. The summed E-state index contributed by atoms with van der Waals surface area (Å²) in [5, 5.41) is 2.42. The van der Waals surface area contributed by atoms with Gasteiger partial charge in [-0.25, -0.2) is 22.4 Å². The first kappa shape index (κ1) is 20.8. The second kappa shape index (κ2) is 8.44. The number of imide groups is 1. The molecule has 1 aliphatic heterocycles. The molecule has 1 saturated heterocycles. The minimum absolute atomic E-state index is 0.140. The molecule has 1 aromatic rings. The van der Waals surface area contributed by atoms with Gasteiger partial charge < -0.3 is 10.1 Å². The predicted octanol–water partition coefficient (Wildman–Crippen LogP) is 0.565. The maximum atomic E-state index is 14.0. The topological polar surface area (TPSA) is 113 Å². The normalized spacial score (nSPS) is 14.4. The van der Waals surface area contributed by atoms with Crippen molar-refractivity contribution in [1.29, 1.82) is 0 Å². The molecular formula is C16H20FN3O6S. The van der Waals surface area contributed by atoms with Crippen molar-refractivity contribution in [2.75, 3.05) is 32.8 Å². The molecule has 0 radical (unpaired) electrons. The van der Waals surface area contributed by atoms with E-state index in [1.807, 2.05) is 0 Å². The molecule has 0 aromatic heterocycles. The van der Waals surface area contributed by atoms with Crippen molar-refractivity contribution >= 4 is 27.9 Å². The van der Waals surface area contributed by atoms with Gasteiger partial charge in [0, 0.05) is 26.2 Å². The van der Waals surface area contributed by atoms with Crippen LogP contribution in [0.2, 0.25) is 0 Å². The third-order valence-corrected chi connectivity index (χ3v) is 6.03. The number of halogens is 1. The Bertz CT molecular complexity index is 854. The summed E-state index contributed by atoms with van der Waals surface area (Å²) in [6.45, 7) is 3.39. The van der Waals surface area contributed by atoms with Crippen LogP contribution in [0.4, 0.5) is 9.18 Å². The summed E-state index contributed by atoms with van der Waals surface area (Å²) in [6.07, 6.45) is 0. The zero-order valence-electron chi connectivity index (χ0n) is 14.9. The molecule has 9 nitrogen and oxygen atoms in total. The summed E-state index contributed by atoms with van der Waals surface area (Å²) in [7, 11) is -3.89. The number of sulfonamides is 1. The number of benzene rings is 1. The van der Waals surface area contributed by atoms with Crippen molar-refractivity contribution in [1.82, 2.24) is 14.5 Å². The fraction of sp³-hybridized carbons (Fsp3) is 0.438. The first-order valence-corrected chi connectivity index (χ1v) is 9.71. The molecule has 1 N–H and O–H groups in total. The highest BCUT2D eigenvalue weighted by atomic mass is 32.2. The first-order chi connectivity index (χ1) is 12.7. The van der Waals surface area contributed by atoms with Crippen LogP contribution in [0.25, 0.3) is 0 Å². The fourth-order valence-corrected chi connectivity index (χ4v) is 4.01. The largest absolute Gasteiger partial charge is 0.452 e. The van der Waals surface area contributed by atoms with Crippen LogP contribution in [0, 0.1) is 5.82 Å². The van der Waals surface area contributed by atoms with Gasteiger partial charge in [-0.2, -0.15) is 4.31 Å². The Morgan fingerprint density at radius 2 is 1.96 bits per heavy atom. The van der Waals surface area contributed by atoms with Gasteiger partial charge in [0.05, 0.1) is 10.5 Å². The average molecular weight is 401 g/mol. The number of rotatable bonds is 7. The van der Waals surface area contributed by atoms with E-state index in [1.165, 1.54) is 0 Å². The SMILES string of the molecule is CCN(CC)S(=O)(=O)c1ccc(F)c(C(=O)OCC(=O)N2CCNC2=O)c1. The van der Waals surface area contributed by atoms with Crippen LogP contribution in [0.3, 0.4) is 0 Å². The number of carbonyl (C=O) groups excluding carboxylic acids is 3. The summed E-state index contributed by atoms with van der Waals surface area (Å²) in [5.41, 5.74) is -0.609. The number of hydrogen-bond donors (Lipinski definition) is 1. The summed E-state index contributed by atoms with van der Waals surface area (Å²) < 4.78 is 44.9. The Balaban J connectivity index is 2.16.